The van der Waals surface area contributed by atoms with Crippen molar-refractivity contribution >= 4 is 27.0 Å². The molecule has 80 valence electrons. The molecule has 0 amide bonds. The van der Waals surface area contributed by atoms with Crippen LogP contribution < -0.4 is 5.76 Å². The maximum Gasteiger partial charge on any atom is 0.420 e. The number of aryl methyl sites for hydroxylation is 2. The largest absolute Gasteiger partial charge is 0.420 e. The Kier molecular flexibility index (Phi) is 2.65. The van der Waals surface area contributed by atoms with E-state index >= 15 is 0 Å². The van der Waals surface area contributed by atoms with E-state index < -0.39 is 12.4 Å². The Morgan fingerprint density at radius 3 is 2.93 bits per heavy atom. The molecule has 2 rings (SSSR count). The van der Waals surface area contributed by atoms with Crippen LogP contribution in [0, 0.1) is 6.92 Å². The lowest BCUT2D eigenvalue weighted by molar-refractivity contribution is 0.422. The van der Waals surface area contributed by atoms with E-state index in [1.165, 1.54) is 4.57 Å². The van der Waals surface area contributed by atoms with Crippen LogP contribution in [0.1, 0.15) is 5.56 Å². The van der Waals surface area contributed by atoms with Gasteiger partial charge in [0.05, 0.1) is 12.1 Å². The molecule has 0 spiro atoms. The maximum atomic E-state index is 12.2. The fourth-order valence-electron chi connectivity index (χ4n) is 1.48. The standard InChI is InChI=1S/C10H9BrFNO2/c1-6-4-9-8(5-7(6)11)13(3-2-12)10(14)15-9/h4-5H,2-3H2,1H3. The maximum absolute atomic E-state index is 12.2. The smallest absolute Gasteiger partial charge is 0.408 e. The van der Waals surface area contributed by atoms with Crippen molar-refractivity contribution in [2.24, 2.45) is 0 Å². The Bertz CT molecular complexity index is 558. The van der Waals surface area contributed by atoms with Crippen molar-refractivity contribution in [1.29, 1.82) is 0 Å². The summed E-state index contributed by atoms with van der Waals surface area (Å²) in [5, 5.41) is 0. The number of nitrogens with zero attached hydrogens (tertiary/aromatic N) is 1. The van der Waals surface area contributed by atoms with Gasteiger partial charge in [0, 0.05) is 4.47 Å². The first-order valence-electron chi connectivity index (χ1n) is 4.49. The van der Waals surface area contributed by atoms with Crippen LogP contribution in [0.5, 0.6) is 0 Å². The van der Waals surface area contributed by atoms with Crippen molar-refractivity contribution in [3.8, 4) is 0 Å². The Hall–Kier alpha value is -1.10. The molecule has 3 nitrogen and oxygen atoms in total. The van der Waals surface area contributed by atoms with Crippen LogP contribution in [0.4, 0.5) is 4.39 Å². The van der Waals surface area contributed by atoms with E-state index in [1.54, 1.807) is 12.1 Å². The molecule has 0 fully saturated rings. The lowest BCUT2D eigenvalue weighted by Crippen LogP contribution is -2.14. The molecule has 2 aromatic rings. The first-order valence-corrected chi connectivity index (χ1v) is 5.28. The fraction of sp³-hybridized carbons (Fsp3) is 0.300. The number of benzene rings is 1. The van der Waals surface area contributed by atoms with Crippen LogP contribution >= 0.6 is 15.9 Å². The van der Waals surface area contributed by atoms with Crippen LogP contribution in [0.15, 0.2) is 25.8 Å². The number of halogens is 2. The summed E-state index contributed by atoms with van der Waals surface area (Å²) in [6, 6.07) is 3.53. The van der Waals surface area contributed by atoms with E-state index in [0.717, 1.165) is 10.0 Å². The van der Waals surface area contributed by atoms with Crippen molar-refractivity contribution in [3.05, 3.63) is 32.7 Å². The summed E-state index contributed by atoms with van der Waals surface area (Å²) in [4.78, 5) is 11.4. The normalized spacial score (nSPS) is 11.1. The van der Waals surface area contributed by atoms with E-state index in [0.29, 0.717) is 11.1 Å². The number of aromatic nitrogens is 1. The van der Waals surface area contributed by atoms with Crippen molar-refractivity contribution in [1.82, 2.24) is 4.57 Å². The highest BCUT2D eigenvalue weighted by atomic mass is 79.9. The average Bonchev–Trinajstić information content (AvgIpc) is 2.46. The predicted molar refractivity (Wildman–Crippen MR) is 58.9 cm³/mol. The van der Waals surface area contributed by atoms with Gasteiger partial charge < -0.3 is 4.42 Å². The highest BCUT2D eigenvalue weighted by Gasteiger charge is 2.10. The first-order chi connectivity index (χ1) is 7.13. The number of rotatable bonds is 2. The summed E-state index contributed by atoms with van der Waals surface area (Å²) in [5.74, 6) is -0.514. The number of fused-ring (bicyclic) bond motifs is 1. The van der Waals surface area contributed by atoms with Crippen molar-refractivity contribution < 1.29 is 8.81 Å². The summed E-state index contributed by atoms with van der Waals surface area (Å²) < 4.78 is 19.4. The monoisotopic (exact) mass is 273 g/mol. The quantitative estimate of drug-likeness (QED) is 0.843. The van der Waals surface area contributed by atoms with Gasteiger partial charge in [-0.3, -0.25) is 4.57 Å². The fourth-order valence-corrected chi connectivity index (χ4v) is 1.81. The van der Waals surface area contributed by atoms with E-state index in [1.807, 2.05) is 6.92 Å². The lowest BCUT2D eigenvalue weighted by atomic mass is 10.2. The molecule has 0 unspecified atom stereocenters. The SMILES string of the molecule is Cc1cc2oc(=O)n(CCF)c2cc1Br. The van der Waals surface area contributed by atoms with E-state index in [9.17, 15) is 9.18 Å². The van der Waals surface area contributed by atoms with Crippen LogP contribution in [0.3, 0.4) is 0 Å². The first kappa shape index (κ1) is 10.4. The summed E-state index contributed by atoms with van der Waals surface area (Å²) in [6.07, 6.45) is 0. The number of oxazole rings is 1. The molecule has 1 aromatic carbocycles. The highest BCUT2D eigenvalue weighted by Crippen LogP contribution is 2.23. The second-order valence-electron chi connectivity index (χ2n) is 3.28. The van der Waals surface area contributed by atoms with Crippen LogP contribution in [0.2, 0.25) is 0 Å². The molecule has 0 radical (unpaired) electrons. The van der Waals surface area contributed by atoms with Gasteiger partial charge in [-0.05, 0) is 24.6 Å². The minimum atomic E-state index is -0.583. The molecule has 15 heavy (non-hydrogen) atoms. The molecule has 1 aromatic heterocycles. The zero-order valence-electron chi connectivity index (χ0n) is 8.09. The van der Waals surface area contributed by atoms with E-state index in [-0.39, 0.29) is 6.54 Å². The molecule has 5 heteroatoms. The van der Waals surface area contributed by atoms with Crippen molar-refractivity contribution in [2.45, 2.75) is 13.5 Å². The third-order valence-electron chi connectivity index (χ3n) is 2.26. The van der Waals surface area contributed by atoms with Gasteiger partial charge in [0.25, 0.3) is 0 Å². The Labute approximate surface area is 93.6 Å². The summed E-state index contributed by atoms with van der Waals surface area (Å²) in [5.41, 5.74) is 2.09. The molecule has 0 bridgehead atoms. The Morgan fingerprint density at radius 2 is 2.27 bits per heavy atom. The minimum absolute atomic E-state index is 0.0291. The minimum Gasteiger partial charge on any atom is -0.408 e. The molecule has 0 saturated heterocycles. The second-order valence-corrected chi connectivity index (χ2v) is 4.13. The molecule has 1 heterocycles. The molecule has 0 saturated carbocycles. The van der Waals surface area contributed by atoms with Crippen LogP contribution in [0.25, 0.3) is 11.1 Å². The number of alkyl halides is 1. The van der Waals surface area contributed by atoms with Gasteiger partial charge in [-0.1, -0.05) is 15.9 Å². The third-order valence-corrected chi connectivity index (χ3v) is 3.11. The van der Waals surface area contributed by atoms with Gasteiger partial charge in [0.2, 0.25) is 0 Å². The molecule has 0 aliphatic carbocycles. The Morgan fingerprint density at radius 1 is 1.53 bits per heavy atom. The number of hydrogen-bond acceptors (Lipinski definition) is 2. The van der Waals surface area contributed by atoms with Crippen molar-refractivity contribution in [2.75, 3.05) is 6.67 Å². The molecular weight excluding hydrogens is 265 g/mol. The zero-order valence-corrected chi connectivity index (χ0v) is 9.67. The summed E-state index contributed by atoms with van der Waals surface area (Å²) in [7, 11) is 0. The second kappa shape index (κ2) is 3.81. The molecular formula is C10H9BrFNO2. The molecule has 0 atom stereocenters. The summed E-state index contributed by atoms with van der Waals surface area (Å²) >= 11 is 3.36. The molecule has 0 N–H and O–H groups in total. The third kappa shape index (κ3) is 1.71. The van der Waals surface area contributed by atoms with Crippen LogP contribution in [-0.4, -0.2) is 11.2 Å². The summed E-state index contributed by atoms with van der Waals surface area (Å²) in [6.45, 7) is 1.34. The highest BCUT2D eigenvalue weighted by molar-refractivity contribution is 9.10. The molecule has 0 aliphatic rings. The topological polar surface area (TPSA) is 35.1 Å². The number of hydrogen-bond donors (Lipinski definition) is 0. The van der Waals surface area contributed by atoms with Crippen molar-refractivity contribution in [3.63, 3.8) is 0 Å². The van der Waals surface area contributed by atoms with Crippen LogP contribution in [-0.2, 0) is 6.54 Å². The lowest BCUT2D eigenvalue weighted by Gasteiger charge is -1.99. The predicted octanol–water partition coefficient (Wildman–Crippen LogP) is 2.63. The van der Waals surface area contributed by atoms with Gasteiger partial charge in [-0.25, -0.2) is 9.18 Å². The van der Waals surface area contributed by atoms with Gasteiger partial charge in [0.15, 0.2) is 5.58 Å². The Balaban J connectivity index is 2.76. The zero-order chi connectivity index (χ0) is 11.0. The van der Waals surface area contributed by atoms with Gasteiger partial charge in [-0.2, -0.15) is 0 Å². The van der Waals surface area contributed by atoms with Gasteiger partial charge in [0.1, 0.15) is 6.67 Å². The van der Waals surface area contributed by atoms with E-state index in [2.05, 4.69) is 15.9 Å². The van der Waals surface area contributed by atoms with Gasteiger partial charge >= 0.3 is 5.76 Å². The van der Waals surface area contributed by atoms with Gasteiger partial charge in [-0.15, -0.1) is 0 Å². The molecule has 0 aliphatic heterocycles. The van der Waals surface area contributed by atoms with E-state index in [4.69, 9.17) is 4.42 Å². The average molecular weight is 274 g/mol.